The Labute approximate surface area is 101 Å². The number of H-pyrrole nitrogens is 1. The van der Waals surface area contributed by atoms with Crippen molar-refractivity contribution in [3.63, 3.8) is 0 Å². The number of hydrogen-bond acceptors (Lipinski definition) is 3. The van der Waals surface area contributed by atoms with Gasteiger partial charge in [-0.1, -0.05) is 15.9 Å². The van der Waals surface area contributed by atoms with E-state index in [4.69, 9.17) is 0 Å². The van der Waals surface area contributed by atoms with Crippen molar-refractivity contribution in [2.75, 3.05) is 0 Å². The number of aromatic nitrogens is 2. The van der Waals surface area contributed by atoms with Crippen LogP contribution in [0.4, 0.5) is 4.39 Å². The highest BCUT2D eigenvalue weighted by Gasteiger charge is 2.13. The molecule has 0 aliphatic carbocycles. The van der Waals surface area contributed by atoms with Gasteiger partial charge in [-0.3, -0.25) is 4.79 Å². The zero-order valence-corrected chi connectivity index (χ0v) is 10.2. The molecule has 3 nitrogen and oxygen atoms in total. The van der Waals surface area contributed by atoms with Crippen LogP contribution in [-0.2, 0) is 0 Å². The summed E-state index contributed by atoms with van der Waals surface area (Å²) in [6.45, 7) is 0. The normalized spacial score (nSPS) is 11.4. The Morgan fingerprint density at radius 2 is 2.19 bits per heavy atom. The fourth-order valence-corrected chi connectivity index (χ4v) is 3.08. The molecule has 16 heavy (non-hydrogen) atoms. The second-order valence-electron chi connectivity index (χ2n) is 3.28. The van der Waals surface area contributed by atoms with Crippen LogP contribution < -0.4 is 5.56 Å². The number of benzene rings is 1. The largest absolute Gasteiger partial charge is 0.312 e. The van der Waals surface area contributed by atoms with Crippen LogP contribution in [0.25, 0.3) is 20.3 Å². The van der Waals surface area contributed by atoms with Crippen LogP contribution in [0.1, 0.15) is 0 Å². The number of nitrogens with one attached hydrogen (secondary N) is 1. The molecule has 3 aromatic rings. The minimum Gasteiger partial charge on any atom is -0.312 e. The first-order valence-corrected chi connectivity index (χ1v) is 6.03. The predicted molar refractivity (Wildman–Crippen MR) is 65.4 cm³/mol. The minimum absolute atomic E-state index is 0.235. The van der Waals surface area contributed by atoms with Crippen molar-refractivity contribution in [3.8, 4) is 0 Å². The highest BCUT2D eigenvalue weighted by Crippen LogP contribution is 2.34. The first kappa shape index (κ1) is 9.92. The lowest BCUT2D eigenvalue weighted by Crippen LogP contribution is -2.03. The van der Waals surface area contributed by atoms with Crippen LogP contribution in [0.2, 0.25) is 0 Å². The van der Waals surface area contributed by atoms with Gasteiger partial charge >= 0.3 is 0 Å². The molecule has 0 amide bonds. The number of aromatic amines is 1. The molecule has 0 bridgehead atoms. The molecule has 6 heteroatoms. The summed E-state index contributed by atoms with van der Waals surface area (Å²) in [5.74, 6) is -0.341. The molecule has 0 saturated carbocycles. The lowest BCUT2D eigenvalue weighted by atomic mass is 10.2. The van der Waals surface area contributed by atoms with E-state index in [2.05, 4.69) is 25.9 Å². The van der Waals surface area contributed by atoms with Gasteiger partial charge in [0.1, 0.15) is 10.5 Å². The van der Waals surface area contributed by atoms with Crippen molar-refractivity contribution in [1.29, 1.82) is 0 Å². The summed E-state index contributed by atoms with van der Waals surface area (Å²) in [5, 5.41) is 0.665. The van der Waals surface area contributed by atoms with Gasteiger partial charge in [-0.05, 0) is 12.1 Å². The van der Waals surface area contributed by atoms with E-state index in [1.807, 2.05) is 0 Å². The summed E-state index contributed by atoms with van der Waals surface area (Å²) in [6, 6.07) is 3.15. The van der Waals surface area contributed by atoms with Gasteiger partial charge in [-0.2, -0.15) is 0 Å². The van der Waals surface area contributed by atoms with E-state index in [1.54, 1.807) is 6.07 Å². The van der Waals surface area contributed by atoms with Crippen LogP contribution >= 0.6 is 27.3 Å². The summed E-state index contributed by atoms with van der Waals surface area (Å²) in [4.78, 5) is 18.1. The smallest absolute Gasteiger partial charge is 0.268 e. The van der Waals surface area contributed by atoms with E-state index in [1.165, 1.54) is 12.4 Å². The molecule has 2 aromatic heterocycles. The van der Waals surface area contributed by atoms with Gasteiger partial charge in [0.2, 0.25) is 0 Å². The summed E-state index contributed by atoms with van der Waals surface area (Å²) < 4.78 is 15.2. The van der Waals surface area contributed by atoms with Gasteiger partial charge in [-0.15, -0.1) is 11.3 Å². The minimum atomic E-state index is -0.341. The molecule has 0 unspecified atom stereocenters. The Balaban J connectivity index is 2.66. The first-order valence-electron chi connectivity index (χ1n) is 4.42. The van der Waals surface area contributed by atoms with Crippen molar-refractivity contribution in [1.82, 2.24) is 9.97 Å². The molecule has 3 rings (SSSR count). The topological polar surface area (TPSA) is 45.8 Å². The van der Waals surface area contributed by atoms with E-state index >= 15 is 0 Å². The Kier molecular flexibility index (Phi) is 2.08. The van der Waals surface area contributed by atoms with Crippen LogP contribution in [-0.4, -0.2) is 9.97 Å². The third-order valence-electron chi connectivity index (χ3n) is 2.28. The van der Waals surface area contributed by atoms with Crippen molar-refractivity contribution in [2.24, 2.45) is 0 Å². The molecule has 0 spiro atoms. The monoisotopic (exact) mass is 298 g/mol. The summed E-state index contributed by atoms with van der Waals surface area (Å²) >= 11 is 4.34. The molecule has 80 valence electrons. The molecule has 0 atom stereocenters. The highest BCUT2D eigenvalue weighted by molar-refractivity contribution is 9.10. The maximum Gasteiger partial charge on any atom is 0.268 e. The van der Waals surface area contributed by atoms with Crippen molar-refractivity contribution < 1.29 is 4.39 Å². The van der Waals surface area contributed by atoms with Crippen LogP contribution in [0, 0.1) is 5.82 Å². The van der Waals surface area contributed by atoms with Crippen LogP contribution in [0.5, 0.6) is 0 Å². The molecular formula is C10H4BrFN2OS. The lowest BCUT2D eigenvalue weighted by Gasteiger charge is -1.94. The zero-order chi connectivity index (χ0) is 11.3. The molecule has 1 N–H and O–H groups in total. The molecule has 0 aliphatic rings. The Morgan fingerprint density at radius 1 is 1.38 bits per heavy atom. The number of halogens is 2. The molecule has 0 fully saturated rings. The fraction of sp³-hybridized carbons (Fsp3) is 0. The zero-order valence-electron chi connectivity index (χ0n) is 7.75. The second-order valence-corrected chi connectivity index (χ2v) is 5.21. The van der Waals surface area contributed by atoms with E-state index in [9.17, 15) is 9.18 Å². The molecule has 1 aromatic carbocycles. The standard InChI is InChI=1S/C10H4BrFN2OS/c11-4-1-5-7-9(10(15)14-3-13-7)16-8(5)6(12)2-4/h1-3H,(H,13,14,15). The predicted octanol–water partition coefficient (Wildman–Crippen LogP) is 3.04. The number of nitrogens with zero attached hydrogens (tertiary/aromatic N) is 1. The van der Waals surface area contributed by atoms with Gasteiger partial charge in [0.25, 0.3) is 5.56 Å². The van der Waals surface area contributed by atoms with Crippen molar-refractivity contribution >= 4 is 47.6 Å². The van der Waals surface area contributed by atoms with Gasteiger partial charge < -0.3 is 4.98 Å². The SMILES string of the molecule is O=c1[nH]cnc2c1sc1c(F)cc(Br)cc12. The van der Waals surface area contributed by atoms with Crippen molar-refractivity contribution in [2.45, 2.75) is 0 Å². The average Bonchev–Trinajstić information content (AvgIpc) is 2.59. The van der Waals surface area contributed by atoms with Gasteiger partial charge in [0, 0.05) is 9.86 Å². The van der Waals surface area contributed by atoms with E-state index in [-0.39, 0.29) is 11.4 Å². The number of fused-ring (bicyclic) bond motifs is 3. The Hall–Kier alpha value is -1.27. The van der Waals surface area contributed by atoms with E-state index in [0.717, 1.165) is 11.3 Å². The van der Waals surface area contributed by atoms with E-state index in [0.29, 0.717) is 24.8 Å². The van der Waals surface area contributed by atoms with Crippen molar-refractivity contribution in [3.05, 3.63) is 39.1 Å². The third kappa shape index (κ3) is 1.30. The number of hydrogen-bond donors (Lipinski definition) is 1. The number of rotatable bonds is 0. The summed E-state index contributed by atoms with van der Waals surface area (Å²) in [6.07, 6.45) is 1.33. The summed E-state index contributed by atoms with van der Waals surface area (Å²) in [7, 11) is 0. The molecular weight excluding hydrogens is 295 g/mol. The summed E-state index contributed by atoms with van der Waals surface area (Å²) in [5.41, 5.74) is 0.311. The molecule has 2 heterocycles. The average molecular weight is 299 g/mol. The Morgan fingerprint density at radius 3 is 3.00 bits per heavy atom. The molecule has 0 radical (unpaired) electrons. The maximum absolute atomic E-state index is 13.7. The fourth-order valence-electron chi connectivity index (χ4n) is 1.62. The van der Waals surface area contributed by atoms with Gasteiger partial charge in [-0.25, -0.2) is 9.37 Å². The third-order valence-corrected chi connectivity index (χ3v) is 3.94. The van der Waals surface area contributed by atoms with E-state index < -0.39 is 0 Å². The lowest BCUT2D eigenvalue weighted by molar-refractivity contribution is 0.641. The quantitative estimate of drug-likeness (QED) is 0.693. The molecule has 0 saturated heterocycles. The van der Waals surface area contributed by atoms with Gasteiger partial charge in [0.05, 0.1) is 16.5 Å². The molecule has 0 aliphatic heterocycles. The second kappa shape index (κ2) is 3.36. The maximum atomic E-state index is 13.7. The highest BCUT2D eigenvalue weighted by atomic mass is 79.9. The van der Waals surface area contributed by atoms with Crippen LogP contribution in [0.15, 0.2) is 27.7 Å². The Bertz CT molecular complexity index is 764. The first-order chi connectivity index (χ1) is 7.66. The van der Waals surface area contributed by atoms with Gasteiger partial charge in [0.15, 0.2) is 0 Å². The number of thiophene rings is 1. The van der Waals surface area contributed by atoms with Crippen LogP contribution in [0.3, 0.4) is 0 Å².